The minimum absolute atomic E-state index is 0.225. The molecule has 0 aromatic heterocycles. The Morgan fingerprint density at radius 1 is 1.00 bits per heavy atom. The normalized spacial score (nSPS) is 10.4. The van der Waals surface area contributed by atoms with Gasteiger partial charge in [-0.3, -0.25) is 0 Å². The summed E-state index contributed by atoms with van der Waals surface area (Å²) < 4.78 is 15.8. The van der Waals surface area contributed by atoms with Gasteiger partial charge in [0.25, 0.3) is 0 Å². The highest BCUT2D eigenvalue weighted by molar-refractivity contribution is 5.89. The van der Waals surface area contributed by atoms with Crippen LogP contribution in [0.1, 0.15) is 17.5 Å². The van der Waals surface area contributed by atoms with Gasteiger partial charge in [0, 0.05) is 25.9 Å². The third kappa shape index (κ3) is 7.13. The summed E-state index contributed by atoms with van der Waals surface area (Å²) in [5.41, 5.74) is 2.81. The Balaban J connectivity index is 1.76. The van der Waals surface area contributed by atoms with Gasteiger partial charge >= 0.3 is 6.03 Å². The summed E-state index contributed by atoms with van der Waals surface area (Å²) in [6.07, 6.45) is 0.781. The molecule has 2 aromatic carbocycles. The molecule has 140 valence electrons. The Hall–Kier alpha value is -2.57. The molecule has 0 spiro atoms. The van der Waals surface area contributed by atoms with Crippen molar-refractivity contribution < 1.29 is 19.0 Å². The van der Waals surface area contributed by atoms with E-state index in [2.05, 4.69) is 10.6 Å². The smallest absolute Gasteiger partial charge is 0.319 e. The maximum Gasteiger partial charge on any atom is 0.319 e. The maximum absolute atomic E-state index is 11.8. The number of hydrogen-bond acceptors (Lipinski definition) is 4. The fourth-order valence-electron chi connectivity index (χ4n) is 2.34. The summed E-state index contributed by atoms with van der Waals surface area (Å²) in [6, 6.07) is 15.2. The molecular formula is C20H26N2O4. The zero-order valence-electron chi connectivity index (χ0n) is 15.3. The molecule has 0 atom stereocenters. The van der Waals surface area contributed by atoms with Crippen molar-refractivity contribution in [1.82, 2.24) is 5.32 Å². The first kappa shape index (κ1) is 19.8. The van der Waals surface area contributed by atoms with Crippen LogP contribution in [0.4, 0.5) is 10.5 Å². The van der Waals surface area contributed by atoms with Crippen LogP contribution in [-0.2, 0) is 22.7 Å². The van der Waals surface area contributed by atoms with Crippen LogP contribution in [0.25, 0.3) is 0 Å². The molecule has 0 radical (unpaired) electrons. The topological polar surface area (TPSA) is 68.8 Å². The Labute approximate surface area is 154 Å². The van der Waals surface area contributed by atoms with Crippen LogP contribution < -0.4 is 15.4 Å². The van der Waals surface area contributed by atoms with Gasteiger partial charge in [-0.25, -0.2) is 4.79 Å². The van der Waals surface area contributed by atoms with E-state index >= 15 is 0 Å². The highest BCUT2D eigenvalue weighted by Gasteiger charge is 2.03. The number of anilines is 1. The van der Waals surface area contributed by atoms with Crippen molar-refractivity contribution in [1.29, 1.82) is 0 Å². The van der Waals surface area contributed by atoms with Gasteiger partial charge in [-0.15, -0.1) is 0 Å². The number of methoxy groups -OCH3 is 2. The lowest BCUT2D eigenvalue weighted by Gasteiger charge is -2.10. The maximum atomic E-state index is 11.8. The predicted molar refractivity (Wildman–Crippen MR) is 101 cm³/mol. The lowest BCUT2D eigenvalue weighted by molar-refractivity contribution is 0.107. The van der Waals surface area contributed by atoms with Gasteiger partial charge in [0.2, 0.25) is 0 Å². The molecule has 2 amide bonds. The van der Waals surface area contributed by atoms with Crippen LogP contribution in [-0.4, -0.2) is 33.4 Å². The minimum Gasteiger partial charge on any atom is -0.497 e. The van der Waals surface area contributed by atoms with Crippen molar-refractivity contribution in [3.05, 3.63) is 59.7 Å². The number of carbonyl (C=O) groups excluding carboxylic acids is 1. The number of nitrogens with one attached hydrogen (secondary N) is 2. The lowest BCUT2D eigenvalue weighted by Crippen LogP contribution is -2.30. The largest absolute Gasteiger partial charge is 0.497 e. The SMILES string of the molecule is COCCCNC(=O)Nc1cccc(COCc2ccc(OC)cc2)c1. The molecule has 2 rings (SSSR count). The average Bonchev–Trinajstić information content (AvgIpc) is 2.66. The van der Waals surface area contributed by atoms with E-state index in [4.69, 9.17) is 14.2 Å². The predicted octanol–water partition coefficient (Wildman–Crippen LogP) is 3.57. The monoisotopic (exact) mass is 358 g/mol. The molecule has 6 nitrogen and oxygen atoms in total. The van der Waals surface area contributed by atoms with Crippen molar-refractivity contribution in [3.63, 3.8) is 0 Å². The van der Waals surface area contributed by atoms with E-state index in [1.165, 1.54) is 0 Å². The Morgan fingerprint density at radius 2 is 1.77 bits per heavy atom. The van der Waals surface area contributed by atoms with Crippen LogP contribution in [0.5, 0.6) is 5.75 Å². The minimum atomic E-state index is -0.225. The van der Waals surface area contributed by atoms with Gasteiger partial charge in [0.15, 0.2) is 0 Å². The molecule has 0 bridgehead atoms. The second-order valence-corrected chi connectivity index (χ2v) is 5.77. The molecule has 0 unspecified atom stereocenters. The van der Waals surface area contributed by atoms with Crippen molar-refractivity contribution >= 4 is 11.7 Å². The fourth-order valence-corrected chi connectivity index (χ4v) is 2.34. The van der Waals surface area contributed by atoms with E-state index < -0.39 is 0 Å². The summed E-state index contributed by atoms with van der Waals surface area (Å²) in [7, 11) is 3.29. The van der Waals surface area contributed by atoms with Crippen LogP contribution >= 0.6 is 0 Å². The van der Waals surface area contributed by atoms with Crippen molar-refractivity contribution in [2.24, 2.45) is 0 Å². The van der Waals surface area contributed by atoms with Gasteiger partial charge in [0.1, 0.15) is 5.75 Å². The number of rotatable bonds is 10. The molecule has 2 aromatic rings. The van der Waals surface area contributed by atoms with Crippen LogP contribution in [0.2, 0.25) is 0 Å². The number of benzene rings is 2. The molecule has 2 N–H and O–H groups in total. The fraction of sp³-hybridized carbons (Fsp3) is 0.350. The van der Waals surface area contributed by atoms with Crippen molar-refractivity contribution in [2.75, 3.05) is 32.7 Å². The summed E-state index contributed by atoms with van der Waals surface area (Å²) in [4.78, 5) is 11.8. The first-order valence-electron chi connectivity index (χ1n) is 8.54. The van der Waals surface area contributed by atoms with Gasteiger partial charge in [-0.1, -0.05) is 24.3 Å². The Bertz CT molecular complexity index is 674. The molecule has 0 aliphatic rings. The number of hydrogen-bond donors (Lipinski definition) is 2. The summed E-state index contributed by atoms with van der Waals surface area (Å²) in [6.45, 7) is 2.18. The second kappa shape index (κ2) is 11.1. The first-order valence-corrected chi connectivity index (χ1v) is 8.54. The molecule has 0 aliphatic heterocycles. The van der Waals surface area contributed by atoms with E-state index in [0.29, 0.717) is 26.4 Å². The quantitative estimate of drug-likeness (QED) is 0.637. The van der Waals surface area contributed by atoms with Crippen LogP contribution in [0.3, 0.4) is 0 Å². The van der Waals surface area contributed by atoms with E-state index in [0.717, 1.165) is 29.0 Å². The number of urea groups is 1. The third-order valence-corrected chi connectivity index (χ3v) is 3.69. The first-order chi connectivity index (χ1) is 12.7. The number of ether oxygens (including phenoxy) is 3. The number of amides is 2. The van der Waals surface area contributed by atoms with Crippen molar-refractivity contribution in [2.45, 2.75) is 19.6 Å². The Kier molecular flexibility index (Phi) is 8.45. The van der Waals surface area contributed by atoms with Gasteiger partial charge in [-0.05, 0) is 41.8 Å². The third-order valence-electron chi connectivity index (χ3n) is 3.69. The van der Waals surface area contributed by atoms with Crippen LogP contribution in [0, 0.1) is 0 Å². The molecule has 0 aliphatic carbocycles. The molecule has 26 heavy (non-hydrogen) atoms. The zero-order valence-corrected chi connectivity index (χ0v) is 15.3. The second-order valence-electron chi connectivity index (χ2n) is 5.77. The summed E-state index contributed by atoms with van der Waals surface area (Å²) in [5.74, 6) is 0.827. The molecule has 6 heteroatoms. The lowest BCUT2D eigenvalue weighted by atomic mass is 10.2. The van der Waals surface area contributed by atoms with E-state index in [1.54, 1.807) is 14.2 Å². The summed E-state index contributed by atoms with van der Waals surface area (Å²) >= 11 is 0. The highest BCUT2D eigenvalue weighted by atomic mass is 16.5. The zero-order chi connectivity index (χ0) is 18.6. The van der Waals surface area contributed by atoms with E-state index in [9.17, 15) is 4.79 Å². The van der Waals surface area contributed by atoms with Gasteiger partial charge in [0.05, 0.1) is 20.3 Å². The van der Waals surface area contributed by atoms with Crippen LogP contribution in [0.15, 0.2) is 48.5 Å². The summed E-state index contributed by atoms with van der Waals surface area (Å²) in [5, 5.41) is 5.61. The molecule has 0 fully saturated rings. The molecule has 0 heterocycles. The van der Waals surface area contributed by atoms with Crippen molar-refractivity contribution in [3.8, 4) is 5.75 Å². The number of carbonyl (C=O) groups is 1. The standard InChI is InChI=1S/C20H26N2O4/c1-24-12-4-11-21-20(23)22-18-6-3-5-17(13-18)15-26-14-16-7-9-19(25-2)10-8-16/h3,5-10,13H,4,11-12,14-15H2,1-2H3,(H2,21,22,23). The molecular weight excluding hydrogens is 332 g/mol. The van der Waals surface area contributed by atoms with Gasteiger partial charge < -0.3 is 24.8 Å². The molecule has 0 saturated carbocycles. The van der Waals surface area contributed by atoms with E-state index in [1.807, 2.05) is 48.5 Å². The average molecular weight is 358 g/mol. The van der Waals surface area contributed by atoms with Gasteiger partial charge in [-0.2, -0.15) is 0 Å². The Morgan fingerprint density at radius 3 is 2.50 bits per heavy atom. The molecule has 0 saturated heterocycles. The van der Waals surface area contributed by atoms with E-state index in [-0.39, 0.29) is 6.03 Å². The highest BCUT2D eigenvalue weighted by Crippen LogP contribution is 2.14.